The summed E-state index contributed by atoms with van der Waals surface area (Å²) in [5, 5.41) is 12.3. The van der Waals surface area contributed by atoms with Gasteiger partial charge in [-0.1, -0.05) is 35.2 Å². The highest BCUT2D eigenvalue weighted by Crippen LogP contribution is 2.30. The number of furan rings is 1. The molecule has 7 nitrogen and oxygen atoms in total. The van der Waals surface area contributed by atoms with Gasteiger partial charge in [0.05, 0.1) is 20.5 Å². The third kappa shape index (κ3) is 4.55. The minimum Gasteiger partial charge on any atom is -0.497 e. The van der Waals surface area contributed by atoms with E-state index in [9.17, 15) is 4.79 Å². The molecule has 0 fully saturated rings. The largest absolute Gasteiger partial charge is 0.497 e. The average molecular weight is 391 g/mol. The number of aromatic nitrogens is 2. The Morgan fingerprint density at radius 1 is 1.23 bits per heavy atom. The van der Waals surface area contributed by atoms with E-state index in [0.717, 1.165) is 26.3 Å². The van der Waals surface area contributed by atoms with Crippen LogP contribution in [0.25, 0.3) is 0 Å². The Bertz CT molecular complexity index is 861. The van der Waals surface area contributed by atoms with Gasteiger partial charge >= 0.3 is 5.97 Å². The standard InChI is InChI=1S/C17H17N3O4S2/c1-22-13-5-3-11(4-6-13)9-18-16-19-20-17(26-16)25-10-12-7-8-24-14(12)15(21)23-2/h3-8H,9-10H2,1-2H3,(H,18,19). The zero-order valence-corrected chi connectivity index (χ0v) is 15.9. The Kier molecular flexibility index (Phi) is 6.13. The summed E-state index contributed by atoms with van der Waals surface area (Å²) in [6, 6.07) is 9.58. The normalized spacial score (nSPS) is 10.5. The van der Waals surface area contributed by atoms with Crippen LogP contribution in [0, 0.1) is 0 Å². The van der Waals surface area contributed by atoms with Gasteiger partial charge < -0.3 is 19.2 Å². The van der Waals surface area contributed by atoms with Gasteiger partial charge in [0.2, 0.25) is 10.9 Å². The van der Waals surface area contributed by atoms with Crippen LogP contribution in [-0.2, 0) is 17.0 Å². The lowest BCUT2D eigenvalue weighted by Crippen LogP contribution is -2.02. The van der Waals surface area contributed by atoms with Crippen LogP contribution in [0.2, 0.25) is 0 Å². The Morgan fingerprint density at radius 2 is 2.04 bits per heavy atom. The van der Waals surface area contributed by atoms with Gasteiger partial charge in [-0.2, -0.15) is 0 Å². The number of carbonyl (C=O) groups excluding carboxylic acids is 1. The molecule has 0 saturated heterocycles. The maximum Gasteiger partial charge on any atom is 0.374 e. The number of nitrogens with zero attached hydrogens (tertiary/aromatic N) is 2. The molecule has 0 aliphatic rings. The minimum absolute atomic E-state index is 0.224. The van der Waals surface area contributed by atoms with Gasteiger partial charge in [-0.15, -0.1) is 10.2 Å². The van der Waals surface area contributed by atoms with E-state index >= 15 is 0 Å². The predicted octanol–water partition coefficient (Wildman–Crippen LogP) is 3.83. The minimum atomic E-state index is -0.482. The lowest BCUT2D eigenvalue weighted by Gasteiger charge is -2.03. The van der Waals surface area contributed by atoms with Gasteiger partial charge in [-0.3, -0.25) is 0 Å². The molecule has 9 heteroatoms. The number of rotatable bonds is 8. The lowest BCUT2D eigenvalue weighted by atomic mass is 10.2. The Morgan fingerprint density at radius 3 is 2.77 bits per heavy atom. The van der Waals surface area contributed by atoms with Gasteiger partial charge in [0.15, 0.2) is 4.34 Å². The second kappa shape index (κ2) is 8.72. The van der Waals surface area contributed by atoms with Gasteiger partial charge in [0.1, 0.15) is 5.75 Å². The Hall–Kier alpha value is -2.52. The molecule has 3 aromatic rings. The zero-order chi connectivity index (χ0) is 18.4. The number of methoxy groups -OCH3 is 2. The van der Waals surface area contributed by atoms with E-state index in [0.29, 0.717) is 12.3 Å². The van der Waals surface area contributed by atoms with E-state index < -0.39 is 5.97 Å². The predicted molar refractivity (Wildman–Crippen MR) is 99.8 cm³/mol. The zero-order valence-electron chi connectivity index (χ0n) is 14.2. The molecule has 1 aromatic carbocycles. The maximum absolute atomic E-state index is 11.6. The number of benzene rings is 1. The van der Waals surface area contributed by atoms with E-state index in [1.807, 2.05) is 24.3 Å². The van der Waals surface area contributed by atoms with Crippen molar-refractivity contribution in [1.82, 2.24) is 10.2 Å². The number of anilines is 1. The topological polar surface area (TPSA) is 86.5 Å². The van der Waals surface area contributed by atoms with Crippen LogP contribution >= 0.6 is 23.1 Å². The molecule has 0 bridgehead atoms. The number of ether oxygens (including phenoxy) is 2. The first-order chi connectivity index (χ1) is 12.7. The van der Waals surface area contributed by atoms with Crippen LogP contribution in [-0.4, -0.2) is 30.4 Å². The number of hydrogen-bond donors (Lipinski definition) is 1. The maximum atomic E-state index is 11.6. The average Bonchev–Trinajstić information content (AvgIpc) is 3.33. The van der Waals surface area contributed by atoms with Crippen LogP contribution in [0.15, 0.2) is 45.4 Å². The van der Waals surface area contributed by atoms with Crippen LogP contribution in [0.4, 0.5) is 5.13 Å². The van der Waals surface area contributed by atoms with Crippen LogP contribution < -0.4 is 10.1 Å². The molecular weight excluding hydrogens is 374 g/mol. The molecule has 26 heavy (non-hydrogen) atoms. The molecular formula is C17H17N3O4S2. The molecule has 1 N–H and O–H groups in total. The monoisotopic (exact) mass is 391 g/mol. The number of thioether (sulfide) groups is 1. The van der Waals surface area contributed by atoms with Gasteiger partial charge in [-0.05, 0) is 23.8 Å². The fourth-order valence-electron chi connectivity index (χ4n) is 2.12. The third-order valence-corrected chi connectivity index (χ3v) is 5.54. The van der Waals surface area contributed by atoms with Crippen molar-refractivity contribution < 1.29 is 18.7 Å². The Labute approximate surface area is 158 Å². The first-order valence-corrected chi connectivity index (χ1v) is 9.47. The summed E-state index contributed by atoms with van der Waals surface area (Å²) in [7, 11) is 2.97. The molecule has 0 atom stereocenters. The van der Waals surface area contributed by atoms with Crippen molar-refractivity contribution in [2.75, 3.05) is 19.5 Å². The summed E-state index contributed by atoms with van der Waals surface area (Å²) in [4.78, 5) is 11.6. The smallest absolute Gasteiger partial charge is 0.374 e. The highest BCUT2D eigenvalue weighted by atomic mass is 32.2. The van der Waals surface area contributed by atoms with Gasteiger partial charge in [0.25, 0.3) is 0 Å². The fraction of sp³-hybridized carbons (Fsp3) is 0.235. The molecule has 2 aromatic heterocycles. The highest BCUT2D eigenvalue weighted by Gasteiger charge is 2.16. The van der Waals surface area contributed by atoms with Crippen molar-refractivity contribution in [3.63, 3.8) is 0 Å². The van der Waals surface area contributed by atoms with Crippen molar-refractivity contribution in [1.29, 1.82) is 0 Å². The molecule has 0 unspecified atom stereocenters. The van der Waals surface area contributed by atoms with E-state index in [-0.39, 0.29) is 5.76 Å². The summed E-state index contributed by atoms with van der Waals surface area (Å²) in [6.07, 6.45) is 1.48. The van der Waals surface area contributed by atoms with E-state index in [4.69, 9.17) is 13.9 Å². The number of nitrogens with one attached hydrogen (secondary N) is 1. The first kappa shape index (κ1) is 18.3. The third-order valence-electron chi connectivity index (χ3n) is 3.48. The molecule has 3 rings (SSSR count). The van der Waals surface area contributed by atoms with E-state index in [1.54, 1.807) is 13.2 Å². The van der Waals surface area contributed by atoms with Crippen molar-refractivity contribution >= 4 is 34.2 Å². The molecule has 0 radical (unpaired) electrons. The van der Waals surface area contributed by atoms with E-state index in [2.05, 4.69) is 15.5 Å². The number of carbonyl (C=O) groups is 1. The summed E-state index contributed by atoms with van der Waals surface area (Å²) >= 11 is 2.95. The second-order valence-electron chi connectivity index (χ2n) is 5.13. The van der Waals surface area contributed by atoms with Crippen LogP contribution in [0.1, 0.15) is 21.7 Å². The molecule has 0 spiro atoms. The van der Waals surface area contributed by atoms with E-state index in [1.165, 1.54) is 36.5 Å². The van der Waals surface area contributed by atoms with Crippen molar-refractivity contribution in [2.45, 2.75) is 16.6 Å². The molecule has 0 aliphatic carbocycles. The summed E-state index contributed by atoms with van der Waals surface area (Å²) in [5.41, 5.74) is 1.89. The highest BCUT2D eigenvalue weighted by molar-refractivity contribution is 8.00. The second-order valence-corrected chi connectivity index (χ2v) is 7.33. The van der Waals surface area contributed by atoms with Crippen molar-refractivity contribution in [2.24, 2.45) is 0 Å². The van der Waals surface area contributed by atoms with Crippen molar-refractivity contribution in [3.8, 4) is 5.75 Å². The number of esters is 1. The fourth-order valence-corrected chi connectivity index (χ4v) is 3.85. The van der Waals surface area contributed by atoms with Crippen LogP contribution in [0.5, 0.6) is 5.75 Å². The summed E-state index contributed by atoms with van der Waals surface area (Å²) in [5.74, 6) is 1.12. The molecule has 0 aliphatic heterocycles. The summed E-state index contributed by atoms with van der Waals surface area (Å²) < 4.78 is 15.8. The first-order valence-electron chi connectivity index (χ1n) is 7.67. The van der Waals surface area contributed by atoms with Gasteiger partial charge in [0, 0.05) is 17.9 Å². The molecule has 0 amide bonds. The molecule has 0 saturated carbocycles. The number of hydrogen-bond acceptors (Lipinski definition) is 9. The Balaban J connectivity index is 1.53. The molecule has 136 valence electrons. The van der Waals surface area contributed by atoms with Crippen LogP contribution in [0.3, 0.4) is 0 Å². The molecule has 2 heterocycles. The summed E-state index contributed by atoms with van der Waals surface area (Å²) in [6.45, 7) is 0.650. The van der Waals surface area contributed by atoms with Crippen molar-refractivity contribution in [3.05, 3.63) is 53.5 Å². The lowest BCUT2D eigenvalue weighted by molar-refractivity contribution is 0.0564. The van der Waals surface area contributed by atoms with Gasteiger partial charge in [-0.25, -0.2) is 4.79 Å². The quantitative estimate of drug-likeness (QED) is 0.458. The SMILES string of the molecule is COC(=O)c1occc1CSc1nnc(NCc2ccc(OC)cc2)s1.